The van der Waals surface area contributed by atoms with Gasteiger partial charge < -0.3 is 19.9 Å². The molecule has 10 heteroatoms. The van der Waals surface area contributed by atoms with Crippen LogP contribution in [0.2, 0.25) is 5.02 Å². The molecule has 176 valence electrons. The van der Waals surface area contributed by atoms with E-state index < -0.39 is 58.6 Å². The molecule has 1 unspecified atom stereocenters. The number of ether oxygens (including phenoxy) is 2. The third kappa shape index (κ3) is 3.54. The van der Waals surface area contributed by atoms with Crippen LogP contribution in [0.25, 0.3) is 0 Å². The molecule has 2 amide bonds. The molecule has 2 saturated heterocycles. The average molecular weight is 473 g/mol. The van der Waals surface area contributed by atoms with Crippen molar-refractivity contribution in [1.82, 2.24) is 4.90 Å². The van der Waals surface area contributed by atoms with Gasteiger partial charge in [-0.1, -0.05) is 32.4 Å². The minimum atomic E-state index is -1.30. The van der Waals surface area contributed by atoms with Crippen LogP contribution < -0.4 is 5.32 Å². The zero-order valence-corrected chi connectivity index (χ0v) is 19.3. The second-order valence-corrected chi connectivity index (χ2v) is 10.7. The highest BCUT2D eigenvalue weighted by atomic mass is 35.5. The van der Waals surface area contributed by atoms with Gasteiger partial charge in [-0.2, -0.15) is 0 Å². The molecule has 2 heterocycles. The second kappa shape index (κ2) is 7.27. The van der Waals surface area contributed by atoms with Crippen molar-refractivity contribution in [3.63, 3.8) is 0 Å². The normalized spacial score (nSPS) is 31.5. The van der Waals surface area contributed by atoms with Crippen molar-refractivity contribution >= 4 is 29.3 Å². The summed E-state index contributed by atoms with van der Waals surface area (Å²) >= 11 is 5.75. The Morgan fingerprint density at radius 1 is 1.22 bits per heavy atom. The summed E-state index contributed by atoms with van der Waals surface area (Å²) in [5.41, 5.74) is -1.97. The Morgan fingerprint density at radius 2 is 1.84 bits per heavy atom. The molecule has 3 fully saturated rings. The number of halogens is 3. The number of nitrogens with zero attached hydrogens (tertiary/aromatic N) is 1. The Balaban J connectivity index is 1.80. The summed E-state index contributed by atoms with van der Waals surface area (Å²) in [6.45, 7) is 9.14. The lowest BCUT2D eigenvalue weighted by atomic mass is 9.73. The second-order valence-electron chi connectivity index (χ2n) is 10.3. The summed E-state index contributed by atoms with van der Waals surface area (Å²) in [5.74, 6) is -3.80. The Kier molecular flexibility index (Phi) is 5.27. The van der Waals surface area contributed by atoms with E-state index in [4.69, 9.17) is 21.1 Å². The molecule has 2 aliphatic heterocycles. The smallest absolute Gasteiger partial charge is 0.408 e. The van der Waals surface area contributed by atoms with Gasteiger partial charge in [-0.15, -0.1) is 0 Å². The number of carbonyl (C=O) groups is 2. The van der Waals surface area contributed by atoms with Gasteiger partial charge >= 0.3 is 6.09 Å². The summed E-state index contributed by atoms with van der Waals surface area (Å²) in [5, 5.41) is 12.2. The van der Waals surface area contributed by atoms with Crippen molar-refractivity contribution in [2.24, 2.45) is 11.3 Å². The number of fused-ring (bicyclic) bond motifs is 1. The van der Waals surface area contributed by atoms with Gasteiger partial charge in [0, 0.05) is 6.07 Å². The van der Waals surface area contributed by atoms with E-state index in [9.17, 15) is 23.5 Å². The van der Waals surface area contributed by atoms with Crippen molar-refractivity contribution < 1.29 is 33.0 Å². The third-order valence-corrected chi connectivity index (χ3v) is 6.65. The molecule has 1 aromatic rings. The van der Waals surface area contributed by atoms with Gasteiger partial charge in [-0.25, -0.2) is 13.6 Å². The third-order valence-electron chi connectivity index (χ3n) is 6.36. The molecule has 4 atom stereocenters. The first-order valence-electron chi connectivity index (χ1n) is 10.5. The number of hydrogen-bond acceptors (Lipinski definition) is 4. The van der Waals surface area contributed by atoms with E-state index >= 15 is 0 Å². The number of benzene rings is 1. The Hall–Kier alpha value is -1.97. The van der Waals surface area contributed by atoms with E-state index in [-0.39, 0.29) is 16.6 Å². The molecule has 7 nitrogen and oxygen atoms in total. The summed E-state index contributed by atoms with van der Waals surface area (Å²) in [6.07, 6.45) is -0.551. The first-order chi connectivity index (χ1) is 14.7. The quantitative estimate of drug-likeness (QED) is 0.626. The lowest BCUT2D eigenvalue weighted by molar-refractivity contribution is -0.196. The van der Waals surface area contributed by atoms with Crippen LogP contribution in [-0.4, -0.2) is 51.6 Å². The van der Waals surface area contributed by atoms with Crippen LogP contribution in [0.5, 0.6) is 0 Å². The van der Waals surface area contributed by atoms with Crippen LogP contribution in [0, 0.1) is 23.0 Å². The lowest BCUT2D eigenvalue weighted by Gasteiger charge is -2.44. The molecule has 2 N–H and O–H groups in total. The van der Waals surface area contributed by atoms with Crippen molar-refractivity contribution in [1.29, 1.82) is 0 Å². The Bertz CT molecular complexity index is 978. The number of likely N-dealkylation sites (tertiary alicyclic amines) is 1. The fourth-order valence-corrected chi connectivity index (χ4v) is 5.60. The number of nitrogens with one attached hydrogen (secondary N) is 1. The predicted octanol–water partition coefficient (Wildman–Crippen LogP) is 4.63. The molecule has 0 aromatic heterocycles. The zero-order chi connectivity index (χ0) is 23.8. The van der Waals surface area contributed by atoms with Gasteiger partial charge in [0.15, 0.2) is 5.79 Å². The average Bonchev–Trinajstić information content (AvgIpc) is 3.38. The van der Waals surface area contributed by atoms with Crippen LogP contribution in [0.3, 0.4) is 0 Å². The zero-order valence-electron chi connectivity index (χ0n) is 18.5. The minimum absolute atomic E-state index is 0.0233. The molecule has 1 aromatic carbocycles. The van der Waals surface area contributed by atoms with Gasteiger partial charge in [0.25, 0.3) is 0 Å². The predicted molar refractivity (Wildman–Crippen MR) is 112 cm³/mol. The summed E-state index contributed by atoms with van der Waals surface area (Å²) in [6, 6.07) is -0.478. The molecular weight excluding hydrogens is 446 g/mol. The molecule has 0 bridgehead atoms. The van der Waals surface area contributed by atoms with Crippen molar-refractivity contribution in [2.75, 3.05) is 5.32 Å². The molecular formula is C22H27ClF2N2O5. The largest absolute Gasteiger partial charge is 0.465 e. The standard InChI is InChI=1S/C22H27ClF2N2O5/c1-20(2,3)18-22(10-6-7-10)16(31-21(4,5)32-22)15(27(18)19(29)30)17(28)26-14-8-11(23)12(24)9-13(14)25/h8-10,15-16,18H,6-7H2,1-5H3,(H,26,28)(H,29,30)/t15-,16-,18?,22-/m0/s1. The van der Waals surface area contributed by atoms with Crippen molar-refractivity contribution in [3.8, 4) is 0 Å². The minimum Gasteiger partial charge on any atom is -0.465 e. The van der Waals surface area contributed by atoms with E-state index in [1.54, 1.807) is 13.8 Å². The van der Waals surface area contributed by atoms with Gasteiger partial charge in [-0.3, -0.25) is 9.69 Å². The van der Waals surface area contributed by atoms with Crippen LogP contribution in [0.15, 0.2) is 12.1 Å². The molecule has 1 aliphatic carbocycles. The monoisotopic (exact) mass is 472 g/mol. The number of hydrogen-bond donors (Lipinski definition) is 2. The van der Waals surface area contributed by atoms with Gasteiger partial charge in [0.1, 0.15) is 29.4 Å². The maximum absolute atomic E-state index is 14.3. The molecule has 4 rings (SSSR count). The Morgan fingerprint density at radius 3 is 2.38 bits per heavy atom. The van der Waals surface area contributed by atoms with E-state index in [0.29, 0.717) is 6.07 Å². The molecule has 0 spiro atoms. The summed E-state index contributed by atoms with van der Waals surface area (Å²) in [4.78, 5) is 27.0. The molecule has 0 radical (unpaired) electrons. The first kappa shape index (κ1) is 23.2. The van der Waals surface area contributed by atoms with Crippen LogP contribution in [0.1, 0.15) is 47.5 Å². The number of anilines is 1. The number of rotatable bonds is 3. The number of carbonyl (C=O) groups excluding carboxylic acids is 1. The highest BCUT2D eigenvalue weighted by molar-refractivity contribution is 6.31. The topological polar surface area (TPSA) is 88.1 Å². The summed E-state index contributed by atoms with van der Waals surface area (Å²) < 4.78 is 40.5. The van der Waals surface area contributed by atoms with Crippen molar-refractivity contribution in [2.45, 2.75) is 77.0 Å². The van der Waals surface area contributed by atoms with Gasteiger partial charge in [0.05, 0.1) is 16.8 Å². The molecule has 32 heavy (non-hydrogen) atoms. The van der Waals surface area contributed by atoms with E-state index in [0.717, 1.165) is 23.8 Å². The van der Waals surface area contributed by atoms with Crippen LogP contribution in [0.4, 0.5) is 19.3 Å². The summed E-state index contributed by atoms with van der Waals surface area (Å²) in [7, 11) is 0. The Labute approximate surface area is 190 Å². The highest BCUT2D eigenvalue weighted by Gasteiger charge is 2.76. The fraction of sp³-hybridized carbons (Fsp3) is 0.636. The molecule has 1 saturated carbocycles. The SMILES string of the molecule is CC1(C)O[C@H]2[C@@H](C(=O)Nc3cc(Cl)c(F)cc3F)N(C(=O)O)C(C(C)(C)C)[C@@]2(C2CC2)O1. The van der Waals surface area contributed by atoms with E-state index in [1.165, 1.54) is 0 Å². The fourth-order valence-electron chi connectivity index (χ4n) is 5.44. The van der Waals surface area contributed by atoms with E-state index in [1.807, 2.05) is 20.8 Å². The maximum atomic E-state index is 14.3. The maximum Gasteiger partial charge on any atom is 0.408 e. The van der Waals surface area contributed by atoms with Gasteiger partial charge in [-0.05, 0) is 44.1 Å². The van der Waals surface area contributed by atoms with Crippen LogP contribution >= 0.6 is 11.6 Å². The number of carboxylic acid groups (broad SMARTS) is 1. The highest BCUT2D eigenvalue weighted by Crippen LogP contribution is 2.61. The lowest BCUT2D eigenvalue weighted by Crippen LogP contribution is -2.58. The van der Waals surface area contributed by atoms with E-state index in [2.05, 4.69) is 5.32 Å². The van der Waals surface area contributed by atoms with Crippen molar-refractivity contribution in [3.05, 3.63) is 28.8 Å². The van der Waals surface area contributed by atoms with Gasteiger partial charge in [0.2, 0.25) is 5.91 Å². The molecule has 3 aliphatic rings. The first-order valence-corrected chi connectivity index (χ1v) is 10.9. The van der Waals surface area contributed by atoms with Crippen LogP contribution in [-0.2, 0) is 14.3 Å². The number of amides is 2.